The molecule has 2 aromatic rings. The maximum atomic E-state index is 12.2. The van der Waals surface area contributed by atoms with Gasteiger partial charge in [0.1, 0.15) is 5.69 Å². The molecule has 0 atom stereocenters. The monoisotopic (exact) mass is 375 g/mol. The number of pyridine rings is 1. The fourth-order valence-electron chi connectivity index (χ4n) is 2.32. The number of carbonyl (C=O) groups excluding carboxylic acids is 2. The number of hydrogen-bond acceptors (Lipinski definition) is 4. The Labute approximate surface area is 157 Å². The number of amides is 2. The Morgan fingerprint density at radius 1 is 1.12 bits per heavy atom. The second-order valence-electron chi connectivity index (χ2n) is 5.67. The van der Waals surface area contributed by atoms with Gasteiger partial charge >= 0.3 is 0 Å². The lowest BCUT2D eigenvalue weighted by Gasteiger charge is -2.08. The van der Waals surface area contributed by atoms with Crippen molar-refractivity contribution >= 4 is 23.4 Å². The maximum Gasteiger partial charge on any atom is 0.269 e. The molecule has 2 amide bonds. The Bertz CT molecular complexity index is 752. The average molecular weight is 376 g/mol. The summed E-state index contributed by atoms with van der Waals surface area (Å²) in [5, 5.41) is 6.25. The average Bonchev–Trinajstić information content (AvgIpc) is 2.65. The van der Waals surface area contributed by atoms with Crippen molar-refractivity contribution in [1.82, 2.24) is 15.6 Å². The van der Waals surface area contributed by atoms with Crippen molar-refractivity contribution in [2.75, 3.05) is 26.8 Å². The third-order valence-electron chi connectivity index (χ3n) is 3.65. The van der Waals surface area contributed by atoms with Crippen LogP contribution in [-0.2, 0) is 11.2 Å². The van der Waals surface area contributed by atoms with E-state index in [0.717, 1.165) is 12.0 Å². The minimum atomic E-state index is -0.318. The molecule has 0 radical (unpaired) electrons. The molecule has 0 aliphatic rings. The van der Waals surface area contributed by atoms with Gasteiger partial charge in [0.25, 0.3) is 11.8 Å². The van der Waals surface area contributed by atoms with Crippen LogP contribution in [0.2, 0.25) is 5.02 Å². The lowest BCUT2D eigenvalue weighted by molar-refractivity contribution is 0.0948. The lowest BCUT2D eigenvalue weighted by Crippen LogP contribution is -2.28. The van der Waals surface area contributed by atoms with Gasteiger partial charge in [-0.3, -0.25) is 14.6 Å². The minimum Gasteiger partial charge on any atom is -0.385 e. The summed E-state index contributed by atoms with van der Waals surface area (Å²) in [7, 11) is 1.61. The van der Waals surface area contributed by atoms with Crippen molar-refractivity contribution < 1.29 is 14.3 Å². The van der Waals surface area contributed by atoms with Gasteiger partial charge in [-0.15, -0.1) is 0 Å². The third kappa shape index (κ3) is 6.46. The van der Waals surface area contributed by atoms with E-state index in [1.807, 2.05) is 18.2 Å². The van der Waals surface area contributed by atoms with Crippen LogP contribution in [0, 0.1) is 0 Å². The molecule has 0 saturated heterocycles. The molecule has 7 heteroatoms. The SMILES string of the molecule is COCCCNC(=O)c1ccnc(C(=O)NCCc2cccc(Cl)c2)c1. The summed E-state index contributed by atoms with van der Waals surface area (Å²) >= 11 is 5.94. The van der Waals surface area contributed by atoms with Crippen molar-refractivity contribution in [2.24, 2.45) is 0 Å². The number of rotatable bonds is 9. The molecule has 0 saturated carbocycles. The number of nitrogens with one attached hydrogen (secondary N) is 2. The quantitative estimate of drug-likeness (QED) is 0.660. The first kappa shape index (κ1) is 19.9. The van der Waals surface area contributed by atoms with E-state index in [1.165, 1.54) is 12.3 Å². The number of halogens is 1. The molecule has 0 fully saturated rings. The molecule has 0 bridgehead atoms. The fourth-order valence-corrected chi connectivity index (χ4v) is 2.53. The first-order valence-corrected chi connectivity index (χ1v) is 8.74. The smallest absolute Gasteiger partial charge is 0.269 e. The minimum absolute atomic E-state index is 0.209. The fraction of sp³-hybridized carbons (Fsp3) is 0.316. The van der Waals surface area contributed by atoms with E-state index in [1.54, 1.807) is 19.2 Å². The standard InChI is InChI=1S/C19H22ClN3O3/c1-26-11-3-8-22-18(24)15-7-10-21-17(13-15)19(25)23-9-6-14-4-2-5-16(20)12-14/h2,4-5,7,10,12-13H,3,6,8-9,11H2,1H3,(H,22,24)(H,23,25). The molecule has 1 aromatic heterocycles. The summed E-state index contributed by atoms with van der Waals surface area (Å²) in [4.78, 5) is 28.4. The molecule has 1 aromatic carbocycles. The Kier molecular flexibility index (Phi) is 8.05. The summed E-state index contributed by atoms with van der Waals surface area (Å²) in [6.45, 7) is 1.54. The van der Waals surface area contributed by atoms with E-state index in [2.05, 4.69) is 15.6 Å². The molecule has 6 nitrogen and oxygen atoms in total. The van der Waals surface area contributed by atoms with Gasteiger partial charge in [-0.2, -0.15) is 0 Å². The van der Waals surface area contributed by atoms with Crippen LogP contribution in [0.3, 0.4) is 0 Å². The van der Waals surface area contributed by atoms with Crippen LogP contribution in [0.5, 0.6) is 0 Å². The molecule has 26 heavy (non-hydrogen) atoms. The van der Waals surface area contributed by atoms with Crippen LogP contribution in [0.15, 0.2) is 42.6 Å². The van der Waals surface area contributed by atoms with Crippen LogP contribution < -0.4 is 10.6 Å². The number of hydrogen-bond donors (Lipinski definition) is 2. The van der Waals surface area contributed by atoms with Gasteiger partial charge in [0.05, 0.1) is 0 Å². The largest absolute Gasteiger partial charge is 0.385 e. The molecular weight excluding hydrogens is 354 g/mol. The van der Waals surface area contributed by atoms with E-state index >= 15 is 0 Å². The van der Waals surface area contributed by atoms with Crippen molar-refractivity contribution in [2.45, 2.75) is 12.8 Å². The van der Waals surface area contributed by atoms with Gasteiger partial charge in [-0.05, 0) is 42.7 Å². The molecule has 0 aliphatic heterocycles. The second kappa shape index (κ2) is 10.5. The molecular formula is C19H22ClN3O3. The highest BCUT2D eigenvalue weighted by Crippen LogP contribution is 2.10. The highest BCUT2D eigenvalue weighted by Gasteiger charge is 2.11. The van der Waals surface area contributed by atoms with Gasteiger partial charge in [-0.1, -0.05) is 23.7 Å². The number of methoxy groups -OCH3 is 1. The van der Waals surface area contributed by atoms with Gasteiger partial charge in [0, 0.05) is 43.6 Å². The van der Waals surface area contributed by atoms with Crippen LogP contribution >= 0.6 is 11.6 Å². The Morgan fingerprint density at radius 3 is 2.69 bits per heavy atom. The highest BCUT2D eigenvalue weighted by molar-refractivity contribution is 6.30. The number of carbonyl (C=O) groups is 2. The summed E-state index contributed by atoms with van der Waals surface area (Å²) in [5.74, 6) is -0.558. The predicted octanol–water partition coefficient (Wildman–Crippen LogP) is 2.47. The van der Waals surface area contributed by atoms with Crippen molar-refractivity contribution in [3.05, 3.63) is 64.4 Å². The van der Waals surface area contributed by atoms with Gasteiger partial charge in [-0.25, -0.2) is 0 Å². The lowest BCUT2D eigenvalue weighted by atomic mass is 10.1. The van der Waals surface area contributed by atoms with Crippen LogP contribution in [0.25, 0.3) is 0 Å². The Hall–Kier alpha value is -2.44. The van der Waals surface area contributed by atoms with E-state index < -0.39 is 0 Å². The molecule has 0 aliphatic carbocycles. The molecule has 2 rings (SSSR count). The van der Waals surface area contributed by atoms with E-state index in [0.29, 0.717) is 36.7 Å². The number of benzene rings is 1. The summed E-state index contributed by atoms with van der Waals surface area (Å²) < 4.78 is 4.93. The first-order chi connectivity index (χ1) is 12.6. The number of ether oxygens (including phenoxy) is 1. The predicted molar refractivity (Wildman–Crippen MR) is 101 cm³/mol. The highest BCUT2D eigenvalue weighted by atomic mass is 35.5. The Balaban J connectivity index is 1.85. The van der Waals surface area contributed by atoms with E-state index in [-0.39, 0.29) is 17.5 Å². The zero-order valence-corrected chi connectivity index (χ0v) is 15.4. The zero-order chi connectivity index (χ0) is 18.8. The second-order valence-corrected chi connectivity index (χ2v) is 6.10. The third-order valence-corrected chi connectivity index (χ3v) is 3.89. The molecule has 1 heterocycles. The normalized spacial score (nSPS) is 10.4. The van der Waals surface area contributed by atoms with E-state index in [9.17, 15) is 9.59 Å². The molecule has 138 valence electrons. The zero-order valence-electron chi connectivity index (χ0n) is 14.6. The van der Waals surface area contributed by atoms with Crippen molar-refractivity contribution in [3.63, 3.8) is 0 Å². The molecule has 0 unspecified atom stereocenters. The topological polar surface area (TPSA) is 80.3 Å². The summed E-state index contributed by atoms with van der Waals surface area (Å²) in [6.07, 6.45) is 2.84. The molecule has 0 spiro atoms. The maximum absolute atomic E-state index is 12.2. The Morgan fingerprint density at radius 2 is 1.92 bits per heavy atom. The van der Waals surface area contributed by atoms with E-state index in [4.69, 9.17) is 16.3 Å². The number of aromatic nitrogens is 1. The van der Waals surface area contributed by atoms with Crippen LogP contribution in [-0.4, -0.2) is 43.6 Å². The van der Waals surface area contributed by atoms with Gasteiger partial charge in [0.2, 0.25) is 0 Å². The van der Waals surface area contributed by atoms with Gasteiger partial charge in [0.15, 0.2) is 0 Å². The van der Waals surface area contributed by atoms with Crippen LogP contribution in [0.4, 0.5) is 0 Å². The number of nitrogens with zero attached hydrogens (tertiary/aromatic N) is 1. The van der Waals surface area contributed by atoms with Crippen LogP contribution in [0.1, 0.15) is 32.8 Å². The first-order valence-electron chi connectivity index (χ1n) is 8.36. The van der Waals surface area contributed by atoms with Crippen molar-refractivity contribution in [1.29, 1.82) is 0 Å². The van der Waals surface area contributed by atoms with Crippen molar-refractivity contribution in [3.8, 4) is 0 Å². The summed E-state index contributed by atoms with van der Waals surface area (Å²) in [6, 6.07) is 10.6. The van der Waals surface area contributed by atoms with Gasteiger partial charge < -0.3 is 15.4 Å². The molecule has 2 N–H and O–H groups in total. The summed E-state index contributed by atoms with van der Waals surface area (Å²) in [5.41, 5.74) is 1.65.